The third kappa shape index (κ3) is 4.74. The first kappa shape index (κ1) is 26.0. The lowest BCUT2D eigenvalue weighted by molar-refractivity contribution is -0.385. The van der Waals surface area contributed by atoms with Gasteiger partial charge in [0.05, 0.1) is 45.5 Å². The lowest BCUT2D eigenvalue weighted by Crippen LogP contribution is -2.40. The summed E-state index contributed by atoms with van der Waals surface area (Å²) in [5, 5.41) is 14.7. The molecule has 0 unspecified atom stereocenters. The Morgan fingerprint density at radius 1 is 1.15 bits per heavy atom. The molecule has 1 atom stereocenters. The molecule has 0 fully saturated rings. The van der Waals surface area contributed by atoms with E-state index >= 15 is 0 Å². The number of fused-ring (bicyclic) bond motifs is 2. The molecule has 3 aromatic carbocycles. The number of anilines is 1. The van der Waals surface area contributed by atoms with Crippen LogP contribution in [0.25, 0.3) is 6.08 Å². The van der Waals surface area contributed by atoms with Crippen molar-refractivity contribution in [2.75, 3.05) is 19.2 Å². The molecular weight excluding hydrogens is 548 g/mol. The Kier molecular flexibility index (Phi) is 6.59. The summed E-state index contributed by atoms with van der Waals surface area (Å²) < 4.78 is 17.6. The van der Waals surface area contributed by atoms with Crippen molar-refractivity contribution in [2.24, 2.45) is 4.99 Å². The van der Waals surface area contributed by atoms with Gasteiger partial charge in [0, 0.05) is 5.69 Å². The monoisotopic (exact) mass is 570 g/mol. The first-order chi connectivity index (χ1) is 19.8. The van der Waals surface area contributed by atoms with Crippen LogP contribution in [0.3, 0.4) is 0 Å². The minimum Gasteiger partial charge on any atom is -0.497 e. The minimum atomic E-state index is -0.810. The summed E-state index contributed by atoms with van der Waals surface area (Å²) in [6, 6.07) is 18.0. The number of rotatable bonds is 6. The zero-order chi connectivity index (χ0) is 28.7. The average Bonchev–Trinajstić information content (AvgIpc) is 3.55. The Morgan fingerprint density at radius 2 is 1.85 bits per heavy atom. The van der Waals surface area contributed by atoms with Gasteiger partial charge in [-0.1, -0.05) is 41.7 Å². The van der Waals surface area contributed by atoms with Crippen molar-refractivity contribution in [1.29, 1.82) is 0 Å². The summed E-state index contributed by atoms with van der Waals surface area (Å²) in [7, 11) is 1.55. The number of methoxy groups -OCH3 is 1. The van der Waals surface area contributed by atoms with Crippen LogP contribution in [-0.4, -0.2) is 29.3 Å². The molecule has 206 valence electrons. The molecule has 12 heteroatoms. The number of para-hydroxylation sites is 1. The van der Waals surface area contributed by atoms with Gasteiger partial charge in [0.2, 0.25) is 6.79 Å². The van der Waals surface area contributed by atoms with Crippen molar-refractivity contribution in [3.8, 4) is 17.2 Å². The number of ether oxygens (including phenoxy) is 3. The standard InChI is InChI=1S/C29H22N4O7S/c1-16-25(27(34)31-19-6-4-3-5-7-19)26(17-8-10-20(38-2)11-9-17)32-28(35)24(41-29(32)30-16)13-18-12-22-23(40-15-39-22)14-21(18)33(36)37/h3-14,26H,15H2,1-2H3,(H,31,34)/b24-13+/t26-/m1/s1. The average molecular weight is 571 g/mol. The van der Waals surface area contributed by atoms with E-state index in [1.165, 1.54) is 22.8 Å². The molecule has 1 amide bonds. The maximum Gasteiger partial charge on any atom is 0.280 e. The van der Waals surface area contributed by atoms with Crippen molar-refractivity contribution < 1.29 is 23.9 Å². The zero-order valence-electron chi connectivity index (χ0n) is 21.8. The van der Waals surface area contributed by atoms with Crippen molar-refractivity contribution in [1.82, 2.24) is 4.57 Å². The molecule has 2 aliphatic heterocycles. The van der Waals surface area contributed by atoms with Crippen LogP contribution in [0.1, 0.15) is 24.1 Å². The fourth-order valence-corrected chi connectivity index (χ4v) is 5.83. The van der Waals surface area contributed by atoms with Gasteiger partial charge >= 0.3 is 0 Å². The summed E-state index contributed by atoms with van der Waals surface area (Å²) in [6.07, 6.45) is 1.44. The molecule has 0 saturated carbocycles. The molecule has 0 bridgehead atoms. The van der Waals surface area contributed by atoms with Crippen molar-refractivity contribution in [3.05, 3.63) is 119 Å². The number of nitrogens with one attached hydrogen (secondary N) is 1. The van der Waals surface area contributed by atoms with Crippen LogP contribution in [0.15, 0.2) is 87.8 Å². The maximum absolute atomic E-state index is 14.0. The molecule has 0 radical (unpaired) electrons. The van der Waals surface area contributed by atoms with Gasteiger partial charge in [-0.15, -0.1) is 0 Å². The van der Waals surface area contributed by atoms with Crippen molar-refractivity contribution in [2.45, 2.75) is 13.0 Å². The van der Waals surface area contributed by atoms with E-state index in [1.54, 1.807) is 50.4 Å². The molecule has 1 aromatic heterocycles. The molecule has 3 heterocycles. The second-order valence-electron chi connectivity index (χ2n) is 9.20. The fraction of sp³-hybridized carbons (Fsp3) is 0.138. The Labute approximate surface area is 236 Å². The number of nitro benzene ring substituents is 1. The predicted octanol–water partition coefficient (Wildman–Crippen LogP) is 3.52. The Bertz CT molecular complexity index is 1910. The topological polar surface area (TPSA) is 134 Å². The number of allylic oxidation sites excluding steroid dienone is 1. The third-order valence-corrected chi connectivity index (χ3v) is 7.72. The number of carbonyl (C=O) groups is 1. The molecule has 41 heavy (non-hydrogen) atoms. The summed E-state index contributed by atoms with van der Waals surface area (Å²) in [5.74, 6) is 0.826. The summed E-state index contributed by atoms with van der Waals surface area (Å²) in [6.45, 7) is 1.67. The molecule has 6 rings (SSSR count). The number of hydrogen-bond acceptors (Lipinski definition) is 9. The first-order valence-corrected chi connectivity index (χ1v) is 13.3. The van der Waals surface area contributed by atoms with E-state index in [9.17, 15) is 19.7 Å². The predicted molar refractivity (Wildman–Crippen MR) is 151 cm³/mol. The number of benzene rings is 3. The number of nitrogens with zero attached hydrogens (tertiary/aromatic N) is 3. The molecule has 2 aliphatic rings. The van der Waals surface area contributed by atoms with Crippen molar-refractivity contribution >= 4 is 34.7 Å². The van der Waals surface area contributed by atoms with Gasteiger partial charge in [0.15, 0.2) is 16.3 Å². The number of aromatic nitrogens is 1. The summed E-state index contributed by atoms with van der Waals surface area (Å²) in [5.41, 5.74) is 1.51. The highest BCUT2D eigenvalue weighted by Crippen LogP contribution is 2.38. The van der Waals surface area contributed by atoms with E-state index in [0.717, 1.165) is 11.3 Å². The van der Waals surface area contributed by atoms with Crippen LogP contribution < -0.4 is 34.4 Å². The second kappa shape index (κ2) is 10.4. The van der Waals surface area contributed by atoms with Gasteiger partial charge in [-0.25, -0.2) is 4.99 Å². The van der Waals surface area contributed by atoms with Gasteiger partial charge in [0.25, 0.3) is 17.2 Å². The zero-order valence-corrected chi connectivity index (χ0v) is 22.6. The molecule has 11 nitrogen and oxygen atoms in total. The van der Waals surface area contributed by atoms with E-state index in [1.807, 2.05) is 18.2 Å². The number of amides is 1. The lowest BCUT2D eigenvalue weighted by Gasteiger charge is -2.25. The van der Waals surface area contributed by atoms with Gasteiger partial charge in [-0.2, -0.15) is 0 Å². The van der Waals surface area contributed by atoms with Gasteiger partial charge < -0.3 is 19.5 Å². The highest BCUT2D eigenvalue weighted by Gasteiger charge is 2.33. The highest BCUT2D eigenvalue weighted by atomic mass is 32.1. The quantitative estimate of drug-likeness (QED) is 0.277. The van der Waals surface area contributed by atoms with E-state index in [4.69, 9.17) is 14.2 Å². The normalized spacial score (nSPS) is 15.8. The molecule has 1 N–H and O–H groups in total. The Hall–Kier alpha value is -5.23. The minimum absolute atomic E-state index is 0.0485. The largest absolute Gasteiger partial charge is 0.497 e. The van der Waals surface area contributed by atoms with Crippen LogP contribution >= 0.6 is 11.3 Å². The summed E-state index contributed by atoms with van der Waals surface area (Å²) >= 11 is 1.08. The molecular formula is C29H22N4O7S. The lowest BCUT2D eigenvalue weighted by atomic mass is 9.95. The van der Waals surface area contributed by atoms with Crippen LogP contribution in [0.4, 0.5) is 11.4 Å². The van der Waals surface area contributed by atoms with Crippen LogP contribution in [0.5, 0.6) is 17.2 Å². The number of hydrogen-bond donors (Lipinski definition) is 1. The van der Waals surface area contributed by atoms with Gasteiger partial charge in [0.1, 0.15) is 5.75 Å². The van der Waals surface area contributed by atoms with Crippen LogP contribution in [0, 0.1) is 10.1 Å². The Morgan fingerprint density at radius 3 is 2.54 bits per heavy atom. The Balaban J connectivity index is 1.52. The first-order valence-electron chi connectivity index (χ1n) is 12.4. The van der Waals surface area contributed by atoms with Crippen LogP contribution in [-0.2, 0) is 4.79 Å². The highest BCUT2D eigenvalue weighted by molar-refractivity contribution is 7.07. The van der Waals surface area contributed by atoms with E-state index < -0.39 is 22.4 Å². The SMILES string of the molecule is COc1ccc([C@@H]2C(C(=O)Nc3ccccc3)=C(C)N=c3s/c(=C/c4cc5c(cc4[N+](=O)[O-])OCO5)c(=O)n32)cc1. The van der Waals surface area contributed by atoms with Gasteiger partial charge in [-0.05, 0) is 48.9 Å². The van der Waals surface area contributed by atoms with Gasteiger partial charge in [-0.3, -0.25) is 24.3 Å². The molecule has 0 spiro atoms. The van der Waals surface area contributed by atoms with E-state index in [2.05, 4.69) is 10.3 Å². The summed E-state index contributed by atoms with van der Waals surface area (Å²) in [4.78, 5) is 43.9. The maximum atomic E-state index is 14.0. The number of thiazole rings is 1. The molecule has 0 saturated heterocycles. The number of nitro groups is 1. The molecule has 0 aliphatic carbocycles. The molecule has 4 aromatic rings. The van der Waals surface area contributed by atoms with Crippen molar-refractivity contribution in [3.63, 3.8) is 0 Å². The van der Waals surface area contributed by atoms with E-state index in [-0.39, 0.29) is 28.3 Å². The van der Waals surface area contributed by atoms with E-state index in [0.29, 0.717) is 38.8 Å². The second-order valence-corrected chi connectivity index (χ2v) is 10.2. The van der Waals surface area contributed by atoms with Crippen LogP contribution in [0.2, 0.25) is 0 Å². The number of carbonyl (C=O) groups excluding carboxylic acids is 1. The fourth-order valence-electron chi connectivity index (χ4n) is 4.80. The third-order valence-electron chi connectivity index (χ3n) is 6.73. The smallest absolute Gasteiger partial charge is 0.280 e.